The van der Waals surface area contributed by atoms with Gasteiger partial charge in [0.2, 0.25) is 0 Å². The number of rotatable bonds is 1. The molecule has 0 heterocycles. The fraction of sp³-hybridized carbons (Fsp3) is 0.600. The van der Waals surface area contributed by atoms with E-state index in [1.54, 1.807) is 10.8 Å². The van der Waals surface area contributed by atoms with Gasteiger partial charge in [-0.3, -0.25) is 0 Å². The zero-order valence-corrected chi connectivity index (χ0v) is 15.9. The van der Waals surface area contributed by atoms with Crippen LogP contribution in [0.3, 0.4) is 0 Å². The van der Waals surface area contributed by atoms with Gasteiger partial charge in [-0.2, -0.15) is 0 Å². The molecule has 2 aliphatic rings. The van der Waals surface area contributed by atoms with Gasteiger partial charge in [0.1, 0.15) is 0 Å². The third kappa shape index (κ3) is 1.51. The maximum absolute atomic E-state index is 2.55. The van der Waals surface area contributed by atoms with Crippen LogP contribution in [0, 0.1) is 31.6 Å². The van der Waals surface area contributed by atoms with Gasteiger partial charge in [0.25, 0.3) is 0 Å². The first-order chi connectivity index (χ1) is 9.60. The molecular formula is C20H28Si. The molecule has 0 atom stereocenters. The summed E-state index contributed by atoms with van der Waals surface area (Å²) in [5.41, 5.74) is 8.60. The van der Waals surface area contributed by atoms with Crippen LogP contribution >= 0.6 is 0 Å². The van der Waals surface area contributed by atoms with E-state index in [1.807, 2.05) is 0 Å². The summed E-state index contributed by atoms with van der Waals surface area (Å²) in [5.74, 6) is 0. The molecule has 1 spiro atoms. The van der Waals surface area contributed by atoms with Crippen molar-refractivity contribution >= 4 is 15.6 Å². The number of aryl methyl sites for hydroxylation is 2. The summed E-state index contributed by atoms with van der Waals surface area (Å²) < 4.78 is 0. The van der Waals surface area contributed by atoms with Crippen LogP contribution in [0.4, 0.5) is 0 Å². The largest absolute Gasteiger partial charge is 0.0736 e. The Morgan fingerprint density at radius 1 is 0.952 bits per heavy atom. The summed E-state index contributed by atoms with van der Waals surface area (Å²) in [6, 6.07) is 2.41. The van der Waals surface area contributed by atoms with E-state index < -0.39 is 0 Å². The molecule has 2 radical (unpaired) electrons. The van der Waals surface area contributed by atoms with E-state index in [0.717, 1.165) is 9.52 Å². The summed E-state index contributed by atoms with van der Waals surface area (Å²) in [6.45, 7) is 19.2. The molecule has 21 heavy (non-hydrogen) atoms. The number of hydrogen-bond acceptors (Lipinski definition) is 0. The Morgan fingerprint density at radius 2 is 1.52 bits per heavy atom. The molecule has 0 amide bonds. The first-order valence-electron chi connectivity index (χ1n) is 8.11. The lowest BCUT2D eigenvalue weighted by atomic mass is 9.37. The SMILES string of the molecule is C[Si]C1=Cc2c(C)c(C)cc(C)c2C12C(C)(C)CC2(C)C. The molecule has 2 aliphatic carbocycles. The third-order valence-electron chi connectivity index (χ3n) is 6.34. The molecule has 1 heteroatoms. The highest BCUT2D eigenvalue weighted by Gasteiger charge is 2.68. The van der Waals surface area contributed by atoms with E-state index in [2.05, 4.69) is 67.2 Å². The lowest BCUT2D eigenvalue weighted by Gasteiger charge is -2.68. The minimum atomic E-state index is 0.255. The summed E-state index contributed by atoms with van der Waals surface area (Å²) >= 11 is 0. The van der Waals surface area contributed by atoms with Gasteiger partial charge in [0.05, 0.1) is 9.52 Å². The molecule has 0 aliphatic heterocycles. The van der Waals surface area contributed by atoms with Crippen molar-refractivity contribution in [3.8, 4) is 0 Å². The Balaban J connectivity index is 2.41. The first kappa shape index (κ1) is 15.1. The van der Waals surface area contributed by atoms with Crippen molar-refractivity contribution in [3.05, 3.63) is 39.1 Å². The van der Waals surface area contributed by atoms with Gasteiger partial charge in [-0.1, -0.05) is 51.6 Å². The van der Waals surface area contributed by atoms with E-state index in [9.17, 15) is 0 Å². The Hall–Kier alpha value is -0.823. The number of fused-ring (bicyclic) bond motifs is 2. The van der Waals surface area contributed by atoms with Crippen LogP contribution < -0.4 is 0 Å². The Bertz CT molecular complexity index is 645. The van der Waals surface area contributed by atoms with Crippen molar-refractivity contribution in [1.82, 2.24) is 0 Å². The molecule has 1 fully saturated rings. The predicted molar refractivity (Wildman–Crippen MR) is 94.1 cm³/mol. The van der Waals surface area contributed by atoms with Crippen LogP contribution in [0.1, 0.15) is 61.9 Å². The van der Waals surface area contributed by atoms with Crippen molar-refractivity contribution in [2.75, 3.05) is 0 Å². The van der Waals surface area contributed by atoms with E-state index in [0.29, 0.717) is 10.8 Å². The number of benzene rings is 1. The lowest BCUT2D eigenvalue weighted by Crippen LogP contribution is -2.65. The Labute approximate surface area is 132 Å². The minimum absolute atomic E-state index is 0.255. The summed E-state index contributed by atoms with van der Waals surface area (Å²) in [5, 5.41) is 1.69. The quantitative estimate of drug-likeness (QED) is 0.608. The van der Waals surface area contributed by atoms with Crippen molar-refractivity contribution in [2.24, 2.45) is 10.8 Å². The van der Waals surface area contributed by atoms with Crippen molar-refractivity contribution < 1.29 is 0 Å². The first-order valence-corrected chi connectivity index (χ1v) is 9.61. The summed E-state index contributed by atoms with van der Waals surface area (Å²) in [4.78, 5) is 0. The van der Waals surface area contributed by atoms with Gasteiger partial charge in [-0.15, -0.1) is 0 Å². The fourth-order valence-corrected chi connectivity index (χ4v) is 7.49. The topological polar surface area (TPSA) is 0 Å². The average molecular weight is 297 g/mol. The van der Waals surface area contributed by atoms with Crippen molar-refractivity contribution in [3.63, 3.8) is 0 Å². The second-order valence-corrected chi connectivity index (χ2v) is 9.47. The normalized spacial score (nSPS) is 23.7. The third-order valence-corrected chi connectivity index (χ3v) is 7.40. The van der Waals surface area contributed by atoms with Crippen LogP contribution in [0.15, 0.2) is 11.3 Å². The molecule has 0 bridgehead atoms. The maximum atomic E-state index is 2.55. The van der Waals surface area contributed by atoms with Gasteiger partial charge < -0.3 is 0 Å². The van der Waals surface area contributed by atoms with Crippen LogP contribution in [0.2, 0.25) is 6.55 Å². The maximum Gasteiger partial charge on any atom is 0.0728 e. The highest BCUT2D eigenvalue weighted by atomic mass is 28.2. The zero-order valence-electron chi connectivity index (χ0n) is 14.9. The Kier molecular flexibility index (Phi) is 2.97. The summed E-state index contributed by atoms with van der Waals surface area (Å²) in [6.07, 6.45) is 3.86. The molecule has 1 saturated carbocycles. The highest BCUT2D eigenvalue weighted by molar-refractivity contribution is 6.46. The zero-order chi connectivity index (χ0) is 15.8. The minimum Gasteiger partial charge on any atom is -0.0736 e. The Morgan fingerprint density at radius 3 is 2.00 bits per heavy atom. The molecule has 112 valence electrons. The van der Waals surface area contributed by atoms with E-state index in [4.69, 9.17) is 0 Å². The molecular weight excluding hydrogens is 268 g/mol. The average Bonchev–Trinajstić information content (AvgIpc) is 2.73. The van der Waals surface area contributed by atoms with Crippen LogP contribution in [-0.2, 0) is 5.41 Å². The molecule has 0 unspecified atom stereocenters. The molecule has 0 aromatic heterocycles. The molecule has 0 nitrogen and oxygen atoms in total. The van der Waals surface area contributed by atoms with E-state index in [-0.39, 0.29) is 5.41 Å². The highest BCUT2D eigenvalue weighted by Crippen LogP contribution is 2.74. The fourth-order valence-electron chi connectivity index (χ4n) is 6.03. The number of allylic oxidation sites excluding steroid dienone is 1. The smallest absolute Gasteiger partial charge is 0.0728 e. The van der Waals surface area contributed by atoms with Crippen LogP contribution in [0.25, 0.3) is 6.08 Å². The van der Waals surface area contributed by atoms with Crippen molar-refractivity contribution in [2.45, 2.75) is 66.8 Å². The van der Waals surface area contributed by atoms with Gasteiger partial charge in [0.15, 0.2) is 0 Å². The molecule has 1 aromatic carbocycles. The standard InChI is InChI=1S/C20H28Si/c1-12-9-13(2)17-15(14(12)3)10-16(21-8)20(17)18(4,5)11-19(20,6)7/h9-10H,11H2,1-8H3. The van der Waals surface area contributed by atoms with Gasteiger partial charge in [0, 0.05) is 5.41 Å². The molecule has 3 rings (SSSR count). The second-order valence-electron chi connectivity index (χ2n) is 8.43. The van der Waals surface area contributed by atoms with Crippen LogP contribution in [0.5, 0.6) is 0 Å². The molecule has 0 N–H and O–H groups in total. The van der Waals surface area contributed by atoms with E-state index >= 15 is 0 Å². The van der Waals surface area contributed by atoms with Crippen LogP contribution in [-0.4, -0.2) is 9.52 Å². The number of hydrogen-bond donors (Lipinski definition) is 0. The molecule has 1 aromatic rings. The second kappa shape index (κ2) is 4.13. The van der Waals surface area contributed by atoms with Crippen molar-refractivity contribution in [1.29, 1.82) is 0 Å². The van der Waals surface area contributed by atoms with Gasteiger partial charge in [-0.05, 0) is 65.8 Å². The predicted octanol–water partition coefficient (Wildman–Crippen LogP) is 5.41. The summed E-state index contributed by atoms with van der Waals surface area (Å²) in [7, 11) is 0.901. The van der Waals surface area contributed by atoms with Gasteiger partial charge >= 0.3 is 0 Å². The van der Waals surface area contributed by atoms with Gasteiger partial charge in [-0.25, -0.2) is 0 Å². The van der Waals surface area contributed by atoms with E-state index in [1.165, 1.54) is 28.7 Å². The molecule has 0 saturated heterocycles. The lowest BCUT2D eigenvalue weighted by molar-refractivity contribution is -0.0850. The monoisotopic (exact) mass is 296 g/mol.